The molecule has 0 spiro atoms. The van der Waals surface area contributed by atoms with E-state index in [1.165, 1.54) is 6.42 Å². The van der Waals surface area contributed by atoms with E-state index in [9.17, 15) is 5.11 Å². The molecule has 0 aromatic rings. The third-order valence-corrected chi connectivity index (χ3v) is 5.10. The average Bonchev–Trinajstić information content (AvgIpc) is 3.02. The van der Waals surface area contributed by atoms with Crippen LogP contribution in [0, 0.1) is 17.8 Å². The van der Waals surface area contributed by atoms with Crippen molar-refractivity contribution in [3.8, 4) is 0 Å². The van der Waals surface area contributed by atoms with Gasteiger partial charge in [0.15, 0.2) is 6.29 Å². The number of rotatable bonds is 3. The molecule has 3 nitrogen and oxygen atoms in total. The van der Waals surface area contributed by atoms with Crippen molar-refractivity contribution in [3.63, 3.8) is 0 Å². The summed E-state index contributed by atoms with van der Waals surface area (Å²) >= 11 is 0. The van der Waals surface area contributed by atoms with Gasteiger partial charge in [0, 0.05) is 5.92 Å². The molecule has 3 aliphatic carbocycles. The molecule has 1 aliphatic heterocycles. The summed E-state index contributed by atoms with van der Waals surface area (Å²) in [6.07, 6.45) is 7.32. The third kappa shape index (κ3) is 1.52. The van der Waals surface area contributed by atoms with Gasteiger partial charge in [-0.3, -0.25) is 0 Å². The first kappa shape index (κ1) is 10.5. The summed E-state index contributed by atoms with van der Waals surface area (Å²) in [5.41, 5.74) is 1.61. The zero-order chi connectivity index (χ0) is 11.6. The molecule has 4 aliphatic rings. The number of hydrogen-bond acceptors (Lipinski definition) is 3. The first-order chi connectivity index (χ1) is 8.26. The molecule has 1 saturated heterocycles. The van der Waals surface area contributed by atoms with Crippen molar-refractivity contribution in [1.82, 2.24) is 0 Å². The van der Waals surface area contributed by atoms with Crippen LogP contribution in [0.2, 0.25) is 0 Å². The van der Waals surface area contributed by atoms with E-state index in [0.29, 0.717) is 36.4 Å². The van der Waals surface area contributed by atoms with Gasteiger partial charge in [0.2, 0.25) is 0 Å². The number of fused-ring (bicyclic) bond motifs is 7. The van der Waals surface area contributed by atoms with Gasteiger partial charge in [0.25, 0.3) is 0 Å². The van der Waals surface area contributed by atoms with Crippen LogP contribution in [-0.2, 0) is 9.47 Å². The predicted molar refractivity (Wildman–Crippen MR) is 62.2 cm³/mol. The fraction of sp³-hybridized carbons (Fsp3) is 0.857. The van der Waals surface area contributed by atoms with Gasteiger partial charge in [-0.05, 0) is 37.5 Å². The second kappa shape index (κ2) is 3.56. The molecule has 1 N–H and O–H groups in total. The predicted octanol–water partition coefficient (Wildman–Crippen LogP) is 1.85. The third-order valence-electron chi connectivity index (χ3n) is 5.10. The maximum Gasteiger partial charge on any atom is 0.154 e. The minimum Gasteiger partial charge on any atom is -0.369 e. The topological polar surface area (TPSA) is 42.0 Å². The van der Waals surface area contributed by atoms with Gasteiger partial charge in [0.1, 0.15) is 0 Å². The Morgan fingerprint density at radius 2 is 2.41 bits per heavy atom. The fourth-order valence-electron chi connectivity index (χ4n) is 4.17. The Morgan fingerprint density at radius 1 is 1.53 bits per heavy atom. The molecule has 7 atom stereocenters. The molecule has 4 rings (SSSR count). The van der Waals surface area contributed by atoms with Gasteiger partial charge in [-0.1, -0.05) is 18.6 Å². The van der Waals surface area contributed by atoms with E-state index in [2.05, 4.69) is 6.08 Å². The van der Waals surface area contributed by atoms with Crippen molar-refractivity contribution in [3.05, 3.63) is 11.6 Å². The van der Waals surface area contributed by atoms with E-state index in [1.807, 2.05) is 6.92 Å². The number of epoxide rings is 1. The van der Waals surface area contributed by atoms with Gasteiger partial charge in [-0.25, -0.2) is 0 Å². The van der Waals surface area contributed by atoms with Crippen molar-refractivity contribution < 1.29 is 14.6 Å². The van der Waals surface area contributed by atoms with Crippen LogP contribution >= 0.6 is 0 Å². The van der Waals surface area contributed by atoms with Crippen molar-refractivity contribution in [2.45, 2.75) is 57.2 Å². The van der Waals surface area contributed by atoms with Crippen LogP contribution in [0.15, 0.2) is 11.6 Å². The van der Waals surface area contributed by atoms with E-state index >= 15 is 0 Å². The molecule has 17 heavy (non-hydrogen) atoms. The smallest absolute Gasteiger partial charge is 0.154 e. The zero-order valence-corrected chi connectivity index (χ0v) is 10.2. The summed E-state index contributed by atoms with van der Waals surface area (Å²) in [4.78, 5) is 0. The standard InChI is InChI=1S/C14H20O3/c1-2-13(15)16-11-5-7-3-9(11)10-4-8(7)6-12-14(10)17-12/h4,7,9-15H,2-3,5-6H2,1H3/t7?,9?,10-,11?,12-,13?,14?/m1/s1. The monoisotopic (exact) mass is 236 g/mol. The summed E-state index contributed by atoms with van der Waals surface area (Å²) in [6.45, 7) is 1.96. The molecular weight excluding hydrogens is 216 g/mol. The second-order valence-electron chi connectivity index (χ2n) is 6.03. The highest BCUT2D eigenvalue weighted by Crippen LogP contribution is 2.56. The van der Waals surface area contributed by atoms with Gasteiger partial charge >= 0.3 is 0 Å². The lowest BCUT2D eigenvalue weighted by Crippen LogP contribution is -2.33. The van der Waals surface area contributed by atoms with Crippen molar-refractivity contribution >= 4 is 0 Å². The Balaban J connectivity index is 1.55. The van der Waals surface area contributed by atoms with Crippen molar-refractivity contribution in [2.24, 2.45) is 17.8 Å². The minimum absolute atomic E-state index is 0.247. The number of aliphatic hydroxyl groups is 1. The molecule has 94 valence electrons. The summed E-state index contributed by atoms with van der Waals surface area (Å²) in [7, 11) is 0. The van der Waals surface area contributed by atoms with Crippen molar-refractivity contribution in [1.29, 1.82) is 0 Å². The maximum absolute atomic E-state index is 9.68. The van der Waals surface area contributed by atoms with Gasteiger partial charge in [0.05, 0.1) is 18.3 Å². The van der Waals surface area contributed by atoms with Gasteiger partial charge < -0.3 is 14.6 Å². The number of hydrogen-bond donors (Lipinski definition) is 1. The molecule has 0 amide bonds. The zero-order valence-electron chi connectivity index (χ0n) is 10.2. The molecule has 3 heteroatoms. The van der Waals surface area contributed by atoms with Crippen LogP contribution in [0.25, 0.3) is 0 Å². The number of ether oxygens (including phenoxy) is 2. The van der Waals surface area contributed by atoms with Crippen LogP contribution in [0.3, 0.4) is 0 Å². The van der Waals surface area contributed by atoms with E-state index in [0.717, 1.165) is 12.8 Å². The molecular formula is C14H20O3. The second-order valence-corrected chi connectivity index (χ2v) is 6.03. The molecule has 2 fully saturated rings. The lowest BCUT2D eigenvalue weighted by atomic mass is 9.73. The maximum atomic E-state index is 9.68. The molecule has 0 aromatic carbocycles. The SMILES string of the molecule is CCC(O)OC1CC2CC1[C@H]1C=C2C[C@H]2OC12. The summed E-state index contributed by atoms with van der Waals surface area (Å²) in [5, 5.41) is 9.68. The highest BCUT2D eigenvalue weighted by Gasteiger charge is 2.57. The van der Waals surface area contributed by atoms with Crippen LogP contribution in [-0.4, -0.2) is 29.7 Å². The highest BCUT2D eigenvalue weighted by molar-refractivity contribution is 5.28. The van der Waals surface area contributed by atoms with Crippen LogP contribution < -0.4 is 0 Å². The first-order valence-electron chi connectivity index (χ1n) is 6.96. The molecule has 1 saturated carbocycles. The van der Waals surface area contributed by atoms with E-state index in [4.69, 9.17) is 9.47 Å². The Labute approximate surface area is 102 Å². The quantitative estimate of drug-likeness (QED) is 0.462. The lowest BCUT2D eigenvalue weighted by molar-refractivity contribution is -0.149. The van der Waals surface area contributed by atoms with Gasteiger partial charge in [-0.15, -0.1) is 0 Å². The lowest BCUT2D eigenvalue weighted by Gasteiger charge is -2.32. The van der Waals surface area contributed by atoms with Crippen LogP contribution in [0.5, 0.6) is 0 Å². The fourth-order valence-corrected chi connectivity index (χ4v) is 4.17. The highest BCUT2D eigenvalue weighted by atomic mass is 16.6. The van der Waals surface area contributed by atoms with Crippen LogP contribution in [0.1, 0.15) is 32.6 Å². The molecule has 0 radical (unpaired) electrons. The van der Waals surface area contributed by atoms with E-state index in [1.54, 1.807) is 5.57 Å². The first-order valence-corrected chi connectivity index (χ1v) is 6.96. The molecule has 5 unspecified atom stereocenters. The van der Waals surface area contributed by atoms with Gasteiger partial charge in [-0.2, -0.15) is 0 Å². The molecule has 4 bridgehead atoms. The summed E-state index contributed by atoms with van der Waals surface area (Å²) in [6, 6.07) is 0. The Morgan fingerprint density at radius 3 is 3.24 bits per heavy atom. The number of aliphatic hydroxyl groups excluding tert-OH is 1. The molecule has 0 aromatic heterocycles. The van der Waals surface area contributed by atoms with Crippen LogP contribution in [0.4, 0.5) is 0 Å². The van der Waals surface area contributed by atoms with E-state index < -0.39 is 6.29 Å². The summed E-state index contributed by atoms with van der Waals surface area (Å²) in [5.74, 6) is 1.85. The molecule has 1 heterocycles. The van der Waals surface area contributed by atoms with E-state index in [-0.39, 0.29) is 6.10 Å². The summed E-state index contributed by atoms with van der Waals surface area (Å²) < 4.78 is 11.6. The van der Waals surface area contributed by atoms with Crippen molar-refractivity contribution in [2.75, 3.05) is 0 Å². The Hall–Kier alpha value is -0.380. The minimum atomic E-state index is -0.583. The normalized spacial score (nSPS) is 51.8. The largest absolute Gasteiger partial charge is 0.369 e. The Kier molecular flexibility index (Phi) is 2.21. The Bertz CT molecular complexity index is 364. The average molecular weight is 236 g/mol.